The predicted molar refractivity (Wildman–Crippen MR) is 81.6 cm³/mol. The molecule has 0 saturated carbocycles. The van der Waals surface area contributed by atoms with Crippen LogP contribution in [0.15, 0.2) is 18.7 Å². The molecule has 2 rings (SSSR count). The van der Waals surface area contributed by atoms with Gasteiger partial charge in [-0.25, -0.2) is 14.8 Å². The molecule has 1 fully saturated rings. The van der Waals surface area contributed by atoms with Crippen LogP contribution in [-0.4, -0.2) is 59.0 Å². The Morgan fingerprint density at radius 2 is 2.05 bits per heavy atom. The van der Waals surface area contributed by atoms with E-state index in [1.54, 1.807) is 25.3 Å². The molecule has 6 heteroatoms. The van der Waals surface area contributed by atoms with Crippen LogP contribution in [0.1, 0.15) is 19.4 Å². The van der Waals surface area contributed by atoms with Gasteiger partial charge in [-0.05, 0) is 11.8 Å². The predicted octanol–water partition coefficient (Wildman–Crippen LogP) is 1.20. The molecule has 2 amide bonds. The lowest BCUT2D eigenvalue weighted by atomic mass is 9.91. The average Bonchev–Trinajstić information content (AvgIpc) is 2.82. The molecule has 116 valence electrons. The molecule has 2 atom stereocenters. The first-order valence-electron chi connectivity index (χ1n) is 7.41. The van der Waals surface area contributed by atoms with Crippen LogP contribution in [0.25, 0.3) is 0 Å². The first kappa shape index (κ1) is 15.7. The van der Waals surface area contributed by atoms with Crippen LogP contribution in [0, 0.1) is 11.8 Å². The Morgan fingerprint density at radius 1 is 1.38 bits per heavy atom. The van der Waals surface area contributed by atoms with Crippen molar-refractivity contribution in [3.8, 4) is 0 Å². The van der Waals surface area contributed by atoms with Crippen molar-refractivity contribution in [1.29, 1.82) is 0 Å². The van der Waals surface area contributed by atoms with Crippen LogP contribution in [0.5, 0.6) is 0 Å². The van der Waals surface area contributed by atoms with E-state index in [-0.39, 0.29) is 12.1 Å². The highest BCUT2D eigenvalue weighted by atomic mass is 16.2. The van der Waals surface area contributed by atoms with E-state index in [1.165, 1.54) is 0 Å². The normalized spacial score (nSPS) is 22.5. The zero-order valence-corrected chi connectivity index (χ0v) is 13.3. The summed E-state index contributed by atoms with van der Waals surface area (Å²) in [4.78, 5) is 24.0. The molecule has 0 aromatic carbocycles. The van der Waals surface area contributed by atoms with Crippen molar-refractivity contribution in [2.75, 3.05) is 27.2 Å². The van der Waals surface area contributed by atoms with Gasteiger partial charge in [0.2, 0.25) is 0 Å². The van der Waals surface area contributed by atoms with Crippen molar-refractivity contribution in [3.63, 3.8) is 0 Å². The van der Waals surface area contributed by atoms with Gasteiger partial charge in [0.15, 0.2) is 0 Å². The van der Waals surface area contributed by atoms with Gasteiger partial charge in [-0.3, -0.25) is 4.90 Å². The van der Waals surface area contributed by atoms with Crippen molar-refractivity contribution < 1.29 is 4.79 Å². The van der Waals surface area contributed by atoms with Crippen molar-refractivity contribution in [2.45, 2.75) is 26.4 Å². The Hall–Kier alpha value is -1.69. The molecule has 0 radical (unpaired) electrons. The van der Waals surface area contributed by atoms with Crippen molar-refractivity contribution in [3.05, 3.63) is 24.3 Å². The first-order valence-corrected chi connectivity index (χ1v) is 7.41. The topological polar surface area (TPSA) is 61.4 Å². The van der Waals surface area contributed by atoms with Gasteiger partial charge in [-0.2, -0.15) is 0 Å². The second-order valence-electron chi connectivity index (χ2n) is 6.30. The smallest absolute Gasteiger partial charge is 0.317 e. The number of amides is 2. The quantitative estimate of drug-likeness (QED) is 0.905. The van der Waals surface area contributed by atoms with E-state index in [0.717, 1.165) is 25.2 Å². The third-order valence-corrected chi connectivity index (χ3v) is 4.03. The highest BCUT2D eigenvalue weighted by Gasteiger charge is 2.35. The molecule has 21 heavy (non-hydrogen) atoms. The van der Waals surface area contributed by atoms with E-state index in [2.05, 4.69) is 34.0 Å². The number of hydrogen-bond donors (Lipinski definition) is 1. The van der Waals surface area contributed by atoms with Crippen LogP contribution >= 0.6 is 0 Å². The second-order valence-corrected chi connectivity index (χ2v) is 6.30. The Bertz CT molecular complexity index is 462. The fourth-order valence-electron chi connectivity index (χ4n) is 2.83. The highest BCUT2D eigenvalue weighted by Crippen LogP contribution is 2.25. The molecule has 1 aromatic rings. The highest BCUT2D eigenvalue weighted by molar-refractivity contribution is 5.73. The maximum Gasteiger partial charge on any atom is 0.317 e. The fraction of sp³-hybridized carbons (Fsp3) is 0.667. The SMILES string of the molecule is CC(C)[C@@H]1CN(Cc2cncnc2)C[C@H]1NC(=O)N(C)C. The van der Waals surface area contributed by atoms with E-state index < -0.39 is 0 Å². The Kier molecular flexibility index (Phi) is 5.12. The van der Waals surface area contributed by atoms with Gasteiger partial charge >= 0.3 is 6.03 Å². The minimum absolute atomic E-state index is 0.0180. The fourth-order valence-corrected chi connectivity index (χ4v) is 2.83. The number of rotatable bonds is 4. The van der Waals surface area contributed by atoms with E-state index >= 15 is 0 Å². The van der Waals surface area contributed by atoms with Crippen LogP contribution in [0.2, 0.25) is 0 Å². The Balaban J connectivity index is 1.99. The minimum atomic E-state index is -0.0180. The maximum absolute atomic E-state index is 11.9. The third-order valence-electron chi connectivity index (χ3n) is 4.03. The largest absolute Gasteiger partial charge is 0.334 e. The lowest BCUT2D eigenvalue weighted by Crippen LogP contribution is -2.46. The van der Waals surface area contributed by atoms with E-state index in [9.17, 15) is 4.79 Å². The molecule has 1 saturated heterocycles. The van der Waals surface area contributed by atoms with Gasteiger partial charge in [-0.1, -0.05) is 13.8 Å². The summed E-state index contributed by atoms with van der Waals surface area (Å²) in [5.41, 5.74) is 1.11. The van der Waals surface area contributed by atoms with Gasteiger partial charge in [0.25, 0.3) is 0 Å². The Morgan fingerprint density at radius 3 is 2.62 bits per heavy atom. The first-order chi connectivity index (χ1) is 9.97. The summed E-state index contributed by atoms with van der Waals surface area (Å²) in [6.45, 7) is 7.13. The van der Waals surface area contributed by atoms with Crippen LogP contribution < -0.4 is 5.32 Å². The molecular weight excluding hydrogens is 266 g/mol. The zero-order valence-electron chi connectivity index (χ0n) is 13.3. The minimum Gasteiger partial charge on any atom is -0.334 e. The molecule has 6 nitrogen and oxygen atoms in total. The Labute approximate surface area is 126 Å². The van der Waals surface area contributed by atoms with Crippen molar-refractivity contribution >= 4 is 6.03 Å². The summed E-state index contributed by atoms with van der Waals surface area (Å²) < 4.78 is 0. The molecule has 1 N–H and O–H groups in total. The second kappa shape index (κ2) is 6.85. The number of nitrogens with zero attached hydrogens (tertiary/aromatic N) is 4. The van der Waals surface area contributed by atoms with E-state index in [0.29, 0.717) is 11.8 Å². The van der Waals surface area contributed by atoms with Crippen molar-refractivity contribution in [1.82, 2.24) is 25.1 Å². The summed E-state index contributed by atoms with van der Waals surface area (Å²) in [5.74, 6) is 1.01. The number of hydrogen-bond acceptors (Lipinski definition) is 4. The summed E-state index contributed by atoms with van der Waals surface area (Å²) in [5, 5.41) is 3.14. The van der Waals surface area contributed by atoms with Gasteiger partial charge in [-0.15, -0.1) is 0 Å². The lowest BCUT2D eigenvalue weighted by Gasteiger charge is -2.24. The third kappa shape index (κ3) is 4.14. The molecule has 1 aliphatic heterocycles. The monoisotopic (exact) mass is 291 g/mol. The molecule has 2 heterocycles. The number of carbonyl (C=O) groups excluding carboxylic acids is 1. The van der Waals surface area contributed by atoms with E-state index in [4.69, 9.17) is 0 Å². The number of carbonyl (C=O) groups is 1. The summed E-state index contributed by atoms with van der Waals surface area (Å²) in [7, 11) is 3.54. The van der Waals surface area contributed by atoms with Crippen LogP contribution in [-0.2, 0) is 6.54 Å². The van der Waals surface area contributed by atoms with Gasteiger partial charge in [0, 0.05) is 57.7 Å². The van der Waals surface area contributed by atoms with Crippen molar-refractivity contribution in [2.24, 2.45) is 11.8 Å². The van der Waals surface area contributed by atoms with Crippen LogP contribution in [0.3, 0.4) is 0 Å². The number of urea groups is 1. The van der Waals surface area contributed by atoms with Gasteiger partial charge in [0.1, 0.15) is 6.33 Å². The van der Waals surface area contributed by atoms with Gasteiger partial charge in [0.05, 0.1) is 0 Å². The van der Waals surface area contributed by atoms with Crippen LogP contribution in [0.4, 0.5) is 4.79 Å². The molecule has 0 bridgehead atoms. The average molecular weight is 291 g/mol. The van der Waals surface area contributed by atoms with Gasteiger partial charge < -0.3 is 10.2 Å². The zero-order chi connectivity index (χ0) is 15.4. The summed E-state index contributed by atoms with van der Waals surface area (Å²) >= 11 is 0. The standard InChI is InChI=1S/C15H25N5O/c1-11(2)13-8-20(7-12-5-16-10-17-6-12)9-14(13)18-15(21)19(3)4/h5-6,10-11,13-14H,7-9H2,1-4H3,(H,18,21)/t13-,14+/m0/s1. The molecule has 1 aromatic heterocycles. The maximum atomic E-state index is 11.9. The molecule has 1 aliphatic rings. The van der Waals surface area contributed by atoms with E-state index in [1.807, 2.05) is 12.4 Å². The molecule has 0 unspecified atom stereocenters. The number of nitrogens with one attached hydrogen (secondary N) is 1. The molecular formula is C15H25N5O. The lowest BCUT2D eigenvalue weighted by molar-refractivity contribution is 0.207. The molecule has 0 spiro atoms. The number of likely N-dealkylation sites (tertiary alicyclic amines) is 1. The summed E-state index contributed by atoms with van der Waals surface area (Å²) in [6, 6.07) is 0.181. The summed E-state index contributed by atoms with van der Waals surface area (Å²) in [6.07, 6.45) is 5.25. The molecule has 0 aliphatic carbocycles. The number of aromatic nitrogens is 2.